The largest absolute Gasteiger partial charge is 0.392 e. The first-order valence-corrected chi connectivity index (χ1v) is 8.89. The predicted molar refractivity (Wildman–Crippen MR) is 104 cm³/mol. The minimum atomic E-state index is -0.536. The van der Waals surface area contributed by atoms with Crippen LogP contribution >= 0.6 is 23.2 Å². The van der Waals surface area contributed by atoms with E-state index >= 15 is 0 Å². The molecular formula is C18H16Cl2N6O. The molecule has 0 saturated carbocycles. The fourth-order valence-electron chi connectivity index (χ4n) is 2.49. The highest BCUT2D eigenvalue weighted by molar-refractivity contribution is 6.42. The van der Waals surface area contributed by atoms with Crippen molar-refractivity contribution >= 4 is 29.2 Å². The maximum Gasteiger partial charge on any atom is 0.224 e. The standard InChI is InChI=1S/C18H16Cl2N6O/c1-11(27)9-24-18-22-7-5-16(25-18)26-13(4-6-21)10-23-17(26)12-2-3-14(19)15(20)8-12/h2-3,5,7-8,10-11,27H,4,9H2,1H3,(H,22,24,25). The Morgan fingerprint density at radius 2 is 2.07 bits per heavy atom. The molecule has 3 aromatic rings. The van der Waals surface area contributed by atoms with E-state index in [1.807, 2.05) is 0 Å². The van der Waals surface area contributed by atoms with Crippen LogP contribution in [-0.4, -0.2) is 37.3 Å². The zero-order valence-corrected chi connectivity index (χ0v) is 15.9. The third-order valence-corrected chi connectivity index (χ3v) is 4.44. The van der Waals surface area contributed by atoms with Gasteiger partial charge in [0.25, 0.3) is 0 Å². The molecule has 0 saturated heterocycles. The van der Waals surface area contributed by atoms with Crippen molar-refractivity contribution in [2.45, 2.75) is 19.4 Å². The quantitative estimate of drug-likeness (QED) is 0.654. The number of aliphatic hydroxyl groups excluding tert-OH is 1. The average Bonchev–Trinajstić information content (AvgIpc) is 3.06. The summed E-state index contributed by atoms with van der Waals surface area (Å²) in [5, 5.41) is 22.4. The van der Waals surface area contributed by atoms with Gasteiger partial charge in [0.15, 0.2) is 0 Å². The molecule has 7 nitrogen and oxygen atoms in total. The minimum Gasteiger partial charge on any atom is -0.392 e. The Morgan fingerprint density at radius 1 is 1.26 bits per heavy atom. The van der Waals surface area contributed by atoms with Gasteiger partial charge >= 0.3 is 0 Å². The highest BCUT2D eigenvalue weighted by atomic mass is 35.5. The molecule has 1 unspecified atom stereocenters. The van der Waals surface area contributed by atoms with E-state index in [0.29, 0.717) is 39.9 Å². The van der Waals surface area contributed by atoms with Crippen LogP contribution in [0, 0.1) is 11.3 Å². The molecule has 9 heteroatoms. The molecule has 138 valence electrons. The lowest BCUT2D eigenvalue weighted by atomic mass is 10.2. The lowest BCUT2D eigenvalue weighted by molar-refractivity contribution is 0.208. The molecule has 0 bridgehead atoms. The number of benzene rings is 1. The van der Waals surface area contributed by atoms with Gasteiger partial charge in [-0.3, -0.25) is 4.57 Å². The summed E-state index contributed by atoms with van der Waals surface area (Å²) in [4.78, 5) is 13.1. The van der Waals surface area contributed by atoms with Gasteiger partial charge in [0.05, 0.1) is 40.5 Å². The van der Waals surface area contributed by atoms with Crippen LogP contribution in [0.4, 0.5) is 5.95 Å². The molecule has 0 aliphatic rings. The van der Waals surface area contributed by atoms with Crippen molar-refractivity contribution in [1.29, 1.82) is 5.26 Å². The molecule has 2 aromatic heterocycles. The van der Waals surface area contributed by atoms with Crippen LogP contribution in [0.5, 0.6) is 0 Å². The maximum atomic E-state index is 9.43. The van der Waals surface area contributed by atoms with E-state index < -0.39 is 6.10 Å². The molecule has 27 heavy (non-hydrogen) atoms. The van der Waals surface area contributed by atoms with Crippen LogP contribution in [0.3, 0.4) is 0 Å². The Hall–Kier alpha value is -2.66. The number of nitriles is 1. The number of nitrogens with one attached hydrogen (secondary N) is 1. The summed E-state index contributed by atoms with van der Waals surface area (Å²) in [6.45, 7) is 1.98. The van der Waals surface area contributed by atoms with E-state index in [-0.39, 0.29) is 6.42 Å². The molecule has 0 aliphatic heterocycles. The zero-order chi connectivity index (χ0) is 19.4. The lowest BCUT2D eigenvalue weighted by Crippen LogP contribution is -2.17. The lowest BCUT2D eigenvalue weighted by Gasteiger charge is -2.12. The normalized spacial score (nSPS) is 11.8. The van der Waals surface area contributed by atoms with Gasteiger partial charge < -0.3 is 10.4 Å². The molecule has 1 aromatic carbocycles. The summed E-state index contributed by atoms with van der Waals surface area (Å²) < 4.78 is 1.78. The number of rotatable bonds is 6. The first-order chi connectivity index (χ1) is 13.0. The molecule has 0 spiro atoms. The fourth-order valence-corrected chi connectivity index (χ4v) is 2.78. The highest BCUT2D eigenvalue weighted by Crippen LogP contribution is 2.30. The van der Waals surface area contributed by atoms with Crippen molar-refractivity contribution < 1.29 is 5.11 Å². The van der Waals surface area contributed by atoms with E-state index in [0.717, 1.165) is 5.56 Å². The molecule has 0 amide bonds. The van der Waals surface area contributed by atoms with Crippen molar-refractivity contribution in [1.82, 2.24) is 19.5 Å². The van der Waals surface area contributed by atoms with Gasteiger partial charge in [-0.25, -0.2) is 9.97 Å². The topological polar surface area (TPSA) is 99.7 Å². The fraction of sp³-hybridized carbons (Fsp3) is 0.222. The van der Waals surface area contributed by atoms with Gasteiger partial charge in [-0.05, 0) is 31.2 Å². The van der Waals surface area contributed by atoms with Crippen molar-refractivity contribution in [3.63, 3.8) is 0 Å². The Balaban J connectivity index is 2.08. The van der Waals surface area contributed by atoms with E-state index in [1.165, 1.54) is 0 Å². The SMILES string of the molecule is CC(O)CNc1nccc(-n2c(CC#N)cnc2-c2ccc(Cl)c(Cl)c2)n1. The molecule has 2 heterocycles. The molecule has 0 fully saturated rings. The summed E-state index contributed by atoms with van der Waals surface area (Å²) in [5.74, 6) is 1.49. The summed E-state index contributed by atoms with van der Waals surface area (Å²) in [7, 11) is 0. The Morgan fingerprint density at radius 3 is 2.78 bits per heavy atom. The number of hydrogen-bond donors (Lipinski definition) is 2. The van der Waals surface area contributed by atoms with E-state index in [1.54, 1.807) is 48.1 Å². The number of nitrogens with zero attached hydrogens (tertiary/aromatic N) is 5. The zero-order valence-electron chi connectivity index (χ0n) is 14.4. The van der Waals surface area contributed by atoms with Crippen LogP contribution < -0.4 is 5.32 Å². The number of aliphatic hydroxyl groups is 1. The Kier molecular flexibility index (Phi) is 5.91. The Bertz CT molecular complexity index is 996. The molecule has 2 N–H and O–H groups in total. The van der Waals surface area contributed by atoms with Gasteiger partial charge in [-0.1, -0.05) is 23.2 Å². The minimum absolute atomic E-state index is 0.161. The molecule has 0 radical (unpaired) electrons. The molecular weight excluding hydrogens is 387 g/mol. The van der Waals surface area contributed by atoms with Crippen molar-refractivity contribution in [2.24, 2.45) is 0 Å². The van der Waals surface area contributed by atoms with Gasteiger partial charge in [0, 0.05) is 18.3 Å². The second-order valence-corrected chi connectivity index (χ2v) is 6.66. The monoisotopic (exact) mass is 402 g/mol. The molecule has 3 rings (SSSR count). The van der Waals surface area contributed by atoms with E-state index in [9.17, 15) is 5.11 Å². The van der Waals surface area contributed by atoms with Gasteiger partial charge in [0.1, 0.15) is 11.6 Å². The summed E-state index contributed by atoms with van der Waals surface area (Å²) >= 11 is 12.2. The first-order valence-electron chi connectivity index (χ1n) is 8.14. The van der Waals surface area contributed by atoms with Crippen molar-refractivity contribution in [3.05, 3.63) is 52.4 Å². The predicted octanol–water partition coefficient (Wildman–Crippen LogP) is 3.49. The van der Waals surface area contributed by atoms with E-state index in [2.05, 4.69) is 26.3 Å². The maximum absolute atomic E-state index is 9.43. The summed E-state index contributed by atoms with van der Waals surface area (Å²) in [6, 6.07) is 9.06. The third kappa shape index (κ3) is 4.37. The highest BCUT2D eigenvalue weighted by Gasteiger charge is 2.16. The van der Waals surface area contributed by atoms with Gasteiger partial charge in [-0.2, -0.15) is 10.2 Å². The van der Waals surface area contributed by atoms with Crippen LogP contribution in [0.1, 0.15) is 12.6 Å². The van der Waals surface area contributed by atoms with E-state index in [4.69, 9.17) is 28.5 Å². The number of halogens is 2. The second kappa shape index (κ2) is 8.35. The van der Waals surface area contributed by atoms with Crippen LogP contribution in [-0.2, 0) is 6.42 Å². The summed E-state index contributed by atoms with van der Waals surface area (Å²) in [6.07, 6.45) is 2.86. The van der Waals surface area contributed by atoms with Crippen LogP contribution in [0.15, 0.2) is 36.7 Å². The van der Waals surface area contributed by atoms with Crippen LogP contribution in [0.2, 0.25) is 10.0 Å². The van der Waals surface area contributed by atoms with Crippen LogP contribution in [0.25, 0.3) is 17.2 Å². The number of anilines is 1. The molecule has 1 atom stereocenters. The smallest absolute Gasteiger partial charge is 0.224 e. The third-order valence-electron chi connectivity index (χ3n) is 3.70. The second-order valence-electron chi connectivity index (χ2n) is 5.84. The van der Waals surface area contributed by atoms with Gasteiger partial charge in [0.2, 0.25) is 5.95 Å². The number of hydrogen-bond acceptors (Lipinski definition) is 6. The summed E-state index contributed by atoms with van der Waals surface area (Å²) in [5.41, 5.74) is 1.42. The average molecular weight is 403 g/mol. The molecule has 0 aliphatic carbocycles. The first kappa shape index (κ1) is 19.1. The number of aromatic nitrogens is 4. The van der Waals surface area contributed by atoms with Crippen molar-refractivity contribution in [3.8, 4) is 23.3 Å². The van der Waals surface area contributed by atoms with Gasteiger partial charge in [-0.15, -0.1) is 0 Å². The Labute approximate surface area is 166 Å². The number of imidazole rings is 1. The van der Waals surface area contributed by atoms with Crippen molar-refractivity contribution in [2.75, 3.05) is 11.9 Å².